The Morgan fingerprint density at radius 2 is 1.85 bits per heavy atom. The van der Waals surface area contributed by atoms with Crippen LogP contribution in [0.5, 0.6) is 0 Å². The van der Waals surface area contributed by atoms with Gasteiger partial charge < -0.3 is 15.7 Å². The molecule has 27 heavy (non-hydrogen) atoms. The lowest BCUT2D eigenvalue weighted by molar-refractivity contribution is -0.134. The van der Waals surface area contributed by atoms with Gasteiger partial charge in [-0.05, 0) is 24.5 Å². The summed E-state index contributed by atoms with van der Waals surface area (Å²) in [6, 6.07) is 17.8. The number of aliphatic carboxylic acids is 1. The molecule has 0 saturated heterocycles. The molecule has 0 saturated carbocycles. The van der Waals surface area contributed by atoms with Crippen LogP contribution in [0, 0.1) is 6.92 Å². The Bertz CT molecular complexity index is 942. The number of carboxylic acid groups (broad SMARTS) is 1. The number of hydrogen-bond acceptors (Lipinski definition) is 5. The van der Waals surface area contributed by atoms with Crippen LogP contribution in [0.15, 0.2) is 54.6 Å². The molecule has 2 aromatic carbocycles. The molecule has 1 aromatic heterocycles. The molecule has 6 heteroatoms. The van der Waals surface area contributed by atoms with Crippen molar-refractivity contribution in [2.75, 3.05) is 17.2 Å². The van der Waals surface area contributed by atoms with Gasteiger partial charge in [0.25, 0.3) is 0 Å². The molecule has 3 aromatic rings. The van der Waals surface area contributed by atoms with Gasteiger partial charge in [-0.1, -0.05) is 55.5 Å². The number of aromatic nitrogens is 2. The Kier molecular flexibility index (Phi) is 5.66. The number of aryl methyl sites for hydroxylation is 2. The van der Waals surface area contributed by atoms with Crippen molar-refractivity contribution in [1.29, 1.82) is 0 Å². The lowest BCUT2D eigenvalue weighted by Gasteiger charge is -2.15. The number of nitrogens with one attached hydrogen (secondary N) is 2. The van der Waals surface area contributed by atoms with E-state index in [9.17, 15) is 4.79 Å². The highest BCUT2D eigenvalue weighted by Gasteiger charge is 2.11. The summed E-state index contributed by atoms with van der Waals surface area (Å²) < 4.78 is 0. The minimum Gasteiger partial charge on any atom is -0.480 e. The quantitative estimate of drug-likeness (QED) is 0.582. The van der Waals surface area contributed by atoms with E-state index in [1.54, 1.807) is 0 Å². The van der Waals surface area contributed by atoms with Gasteiger partial charge in [0.2, 0.25) is 5.95 Å². The fourth-order valence-electron chi connectivity index (χ4n) is 2.83. The topological polar surface area (TPSA) is 87.1 Å². The first-order valence-electron chi connectivity index (χ1n) is 8.82. The largest absolute Gasteiger partial charge is 0.480 e. The van der Waals surface area contributed by atoms with Crippen LogP contribution in [0.3, 0.4) is 0 Å². The number of hydrogen-bond donors (Lipinski definition) is 3. The molecule has 0 aliphatic rings. The van der Waals surface area contributed by atoms with Gasteiger partial charge in [0.15, 0.2) is 0 Å². The Morgan fingerprint density at radius 3 is 2.56 bits per heavy atom. The van der Waals surface area contributed by atoms with E-state index in [1.807, 2.05) is 55.5 Å². The zero-order chi connectivity index (χ0) is 19.2. The summed E-state index contributed by atoms with van der Waals surface area (Å²) in [5, 5.41) is 15.1. The molecular formula is C21H22N4O2. The molecule has 0 aliphatic heterocycles. The van der Waals surface area contributed by atoms with Crippen LogP contribution in [-0.2, 0) is 11.2 Å². The summed E-state index contributed by atoms with van der Waals surface area (Å²) in [7, 11) is 0. The van der Waals surface area contributed by atoms with Gasteiger partial charge in [-0.2, -0.15) is 4.98 Å². The summed E-state index contributed by atoms with van der Waals surface area (Å²) in [5.74, 6) is -0.0842. The number of benzene rings is 2. The van der Waals surface area contributed by atoms with E-state index in [4.69, 9.17) is 5.11 Å². The number of carbonyl (C=O) groups is 1. The molecule has 0 atom stereocenters. The third-order valence-corrected chi connectivity index (χ3v) is 4.19. The summed E-state index contributed by atoms with van der Waals surface area (Å²) >= 11 is 0. The fourth-order valence-corrected chi connectivity index (χ4v) is 2.83. The Labute approximate surface area is 158 Å². The predicted molar refractivity (Wildman–Crippen MR) is 107 cm³/mol. The number of para-hydroxylation sites is 1. The van der Waals surface area contributed by atoms with Crippen LogP contribution in [0.1, 0.15) is 18.1 Å². The molecule has 138 valence electrons. The standard InChI is InChI=1S/C21H22N4O2/c1-3-15-11-7-8-14(2)20(15)24-18-12-17(16-9-5-4-6-10-16)23-21(25-18)22-13-19(26)27/h4-12H,3,13H2,1-2H3,(H,26,27)(H2,22,23,24,25). The third kappa shape index (κ3) is 4.61. The van der Waals surface area contributed by atoms with Gasteiger partial charge in [0.05, 0.1) is 5.69 Å². The summed E-state index contributed by atoms with van der Waals surface area (Å²) in [4.78, 5) is 19.8. The minimum atomic E-state index is -0.967. The van der Waals surface area contributed by atoms with Crippen molar-refractivity contribution in [2.45, 2.75) is 20.3 Å². The van der Waals surface area contributed by atoms with Crippen molar-refractivity contribution in [2.24, 2.45) is 0 Å². The van der Waals surface area contributed by atoms with Gasteiger partial charge >= 0.3 is 5.97 Å². The molecule has 3 rings (SSSR count). The summed E-state index contributed by atoms with van der Waals surface area (Å²) in [6.45, 7) is 3.90. The van der Waals surface area contributed by atoms with Crippen LogP contribution in [-0.4, -0.2) is 27.6 Å². The van der Waals surface area contributed by atoms with E-state index in [1.165, 1.54) is 5.56 Å². The van der Waals surface area contributed by atoms with E-state index in [-0.39, 0.29) is 12.5 Å². The number of carboxylic acids is 1. The Balaban J connectivity index is 2.01. The van der Waals surface area contributed by atoms with Gasteiger partial charge in [-0.3, -0.25) is 4.79 Å². The lowest BCUT2D eigenvalue weighted by atomic mass is 10.1. The first-order chi connectivity index (χ1) is 13.1. The molecule has 6 nitrogen and oxygen atoms in total. The average molecular weight is 362 g/mol. The maximum absolute atomic E-state index is 10.9. The molecule has 0 unspecified atom stereocenters. The highest BCUT2D eigenvalue weighted by molar-refractivity contribution is 5.73. The van der Waals surface area contributed by atoms with Gasteiger partial charge in [0, 0.05) is 17.3 Å². The number of rotatable bonds is 7. The summed E-state index contributed by atoms with van der Waals surface area (Å²) in [5.41, 5.74) is 4.97. The van der Waals surface area contributed by atoms with Gasteiger partial charge in [-0.15, -0.1) is 0 Å². The van der Waals surface area contributed by atoms with Gasteiger partial charge in [-0.25, -0.2) is 4.98 Å². The first kappa shape index (κ1) is 18.4. The normalized spacial score (nSPS) is 10.4. The molecule has 0 bridgehead atoms. The average Bonchev–Trinajstić information content (AvgIpc) is 2.68. The van der Waals surface area contributed by atoms with Crippen molar-refractivity contribution in [3.8, 4) is 11.3 Å². The Morgan fingerprint density at radius 1 is 1.07 bits per heavy atom. The van der Waals surface area contributed by atoms with Crippen molar-refractivity contribution < 1.29 is 9.90 Å². The Hall–Kier alpha value is -3.41. The second kappa shape index (κ2) is 8.31. The molecule has 0 fully saturated rings. The first-order valence-corrected chi connectivity index (χ1v) is 8.82. The van der Waals surface area contributed by atoms with Crippen LogP contribution < -0.4 is 10.6 Å². The maximum Gasteiger partial charge on any atom is 0.322 e. The van der Waals surface area contributed by atoms with E-state index < -0.39 is 5.97 Å². The smallest absolute Gasteiger partial charge is 0.322 e. The summed E-state index contributed by atoms with van der Waals surface area (Å²) in [6.07, 6.45) is 0.894. The third-order valence-electron chi connectivity index (χ3n) is 4.19. The second-order valence-corrected chi connectivity index (χ2v) is 6.16. The molecule has 3 N–H and O–H groups in total. The second-order valence-electron chi connectivity index (χ2n) is 6.16. The van der Waals surface area contributed by atoms with E-state index >= 15 is 0 Å². The fraction of sp³-hybridized carbons (Fsp3) is 0.190. The molecule has 0 aliphatic carbocycles. The zero-order valence-electron chi connectivity index (χ0n) is 15.4. The van der Waals surface area contributed by atoms with Crippen molar-refractivity contribution in [3.05, 3.63) is 65.7 Å². The molecule has 0 radical (unpaired) electrons. The van der Waals surface area contributed by atoms with Crippen LogP contribution in [0.4, 0.5) is 17.5 Å². The highest BCUT2D eigenvalue weighted by atomic mass is 16.4. The lowest BCUT2D eigenvalue weighted by Crippen LogP contribution is -2.15. The van der Waals surface area contributed by atoms with E-state index in [0.717, 1.165) is 23.2 Å². The van der Waals surface area contributed by atoms with Gasteiger partial charge in [0.1, 0.15) is 12.4 Å². The van der Waals surface area contributed by atoms with Crippen LogP contribution in [0.2, 0.25) is 0 Å². The zero-order valence-corrected chi connectivity index (χ0v) is 15.4. The molecule has 1 heterocycles. The molecule has 0 spiro atoms. The number of nitrogens with zero attached hydrogens (tertiary/aromatic N) is 2. The van der Waals surface area contributed by atoms with E-state index in [2.05, 4.69) is 33.6 Å². The predicted octanol–water partition coefficient (Wildman–Crippen LogP) is 4.25. The monoisotopic (exact) mass is 362 g/mol. The highest BCUT2D eigenvalue weighted by Crippen LogP contribution is 2.27. The van der Waals surface area contributed by atoms with Crippen molar-refractivity contribution in [3.63, 3.8) is 0 Å². The molecular weight excluding hydrogens is 340 g/mol. The van der Waals surface area contributed by atoms with Crippen molar-refractivity contribution >= 4 is 23.4 Å². The maximum atomic E-state index is 10.9. The van der Waals surface area contributed by atoms with Crippen molar-refractivity contribution in [1.82, 2.24) is 9.97 Å². The minimum absolute atomic E-state index is 0.248. The SMILES string of the molecule is CCc1cccc(C)c1Nc1cc(-c2ccccc2)nc(NCC(=O)O)n1. The van der Waals surface area contributed by atoms with Crippen LogP contribution >= 0.6 is 0 Å². The van der Waals surface area contributed by atoms with E-state index in [0.29, 0.717) is 11.5 Å². The molecule has 0 amide bonds. The van der Waals surface area contributed by atoms with Crippen LogP contribution in [0.25, 0.3) is 11.3 Å². The number of anilines is 3.